The molecule has 2 heterocycles. The number of halogens is 2. The van der Waals surface area contributed by atoms with E-state index in [1.165, 1.54) is 0 Å². The van der Waals surface area contributed by atoms with Crippen molar-refractivity contribution in [3.05, 3.63) is 105 Å². The van der Waals surface area contributed by atoms with Crippen LogP contribution < -0.4 is 4.74 Å². The van der Waals surface area contributed by atoms with E-state index in [1.54, 1.807) is 12.0 Å². The van der Waals surface area contributed by atoms with E-state index in [4.69, 9.17) is 27.9 Å². The molecule has 160 valence electrons. The molecule has 1 N–H and O–H groups in total. The Morgan fingerprint density at radius 2 is 1.66 bits per heavy atom. The number of methoxy groups -OCH3 is 1. The van der Waals surface area contributed by atoms with Gasteiger partial charge in [-0.25, -0.2) is 0 Å². The molecule has 0 saturated heterocycles. The molecule has 0 spiro atoms. The fourth-order valence-corrected chi connectivity index (χ4v) is 4.59. The molecule has 7 heteroatoms. The SMILES string of the molecule is COc1ccc(-c2n[nH]c3c2C(c2ccccc2Cl)N(Cc2ccccc2Cl)C3=O)cc1. The number of hydrogen-bond acceptors (Lipinski definition) is 3. The molecule has 1 amide bonds. The normalized spacial score (nSPS) is 15.2. The summed E-state index contributed by atoms with van der Waals surface area (Å²) in [5.74, 6) is 0.608. The number of fused-ring (bicyclic) bond motifs is 1. The summed E-state index contributed by atoms with van der Waals surface area (Å²) in [6.07, 6.45) is 0. The van der Waals surface area contributed by atoms with Crippen LogP contribution in [0, 0.1) is 0 Å². The first-order valence-corrected chi connectivity index (χ1v) is 10.9. The predicted octanol–water partition coefficient (Wildman–Crippen LogP) is 6.14. The molecule has 5 rings (SSSR count). The number of H-pyrrole nitrogens is 1. The number of aromatic amines is 1. The van der Waals surface area contributed by atoms with Crippen molar-refractivity contribution in [3.63, 3.8) is 0 Å². The first kappa shape index (κ1) is 20.6. The molecule has 1 atom stereocenters. The van der Waals surface area contributed by atoms with Crippen molar-refractivity contribution < 1.29 is 9.53 Å². The standard InChI is InChI=1S/C25H19Cl2N3O2/c1-32-17-12-10-15(11-13-17)22-21-23(29-28-22)25(31)30(14-16-6-2-4-8-19(16)26)24(21)18-7-3-5-9-20(18)27/h2-13,24H,14H2,1H3,(H,28,29). The summed E-state index contributed by atoms with van der Waals surface area (Å²) in [4.78, 5) is 15.3. The third kappa shape index (κ3) is 3.44. The van der Waals surface area contributed by atoms with Crippen LogP contribution in [0.2, 0.25) is 10.0 Å². The van der Waals surface area contributed by atoms with E-state index in [9.17, 15) is 4.79 Å². The minimum Gasteiger partial charge on any atom is -0.497 e. The molecular formula is C25H19Cl2N3O2. The van der Waals surface area contributed by atoms with Crippen LogP contribution >= 0.6 is 23.2 Å². The lowest BCUT2D eigenvalue weighted by Gasteiger charge is -2.27. The third-order valence-electron chi connectivity index (χ3n) is 5.73. The van der Waals surface area contributed by atoms with Crippen molar-refractivity contribution in [2.24, 2.45) is 0 Å². The number of nitrogens with zero attached hydrogens (tertiary/aromatic N) is 2. The minimum absolute atomic E-state index is 0.142. The monoisotopic (exact) mass is 463 g/mol. The second-order valence-electron chi connectivity index (χ2n) is 7.54. The Morgan fingerprint density at radius 1 is 0.969 bits per heavy atom. The van der Waals surface area contributed by atoms with Crippen LogP contribution in [0.3, 0.4) is 0 Å². The van der Waals surface area contributed by atoms with Crippen molar-refractivity contribution in [1.82, 2.24) is 15.1 Å². The van der Waals surface area contributed by atoms with E-state index >= 15 is 0 Å². The van der Waals surface area contributed by atoms with Crippen LogP contribution in [-0.4, -0.2) is 28.1 Å². The average Bonchev–Trinajstić information content (AvgIpc) is 3.35. The zero-order valence-corrected chi connectivity index (χ0v) is 18.7. The number of ether oxygens (including phenoxy) is 1. The van der Waals surface area contributed by atoms with Gasteiger partial charge in [0, 0.05) is 27.7 Å². The van der Waals surface area contributed by atoms with Gasteiger partial charge in [0.15, 0.2) is 0 Å². The van der Waals surface area contributed by atoms with Crippen molar-refractivity contribution in [2.75, 3.05) is 7.11 Å². The number of benzene rings is 3. The van der Waals surface area contributed by atoms with Crippen LogP contribution in [0.4, 0.5) is 0 Å². The summed E-state index contributed by atoms with van der Waals surface area (Å²) < 4.78 is 5.28. The van der Waals surface area contributed by atoms with Crippen molar-refractivity contribution >= 4 is 29.1 Å². The fourth-order valence-electron chi connectivity index (χ4n) is 4.16. The van der Waals surface area contributed by atoms with Crippen LogP contribution in [-0.2, 0) is 6.54 Å². The Balaban J connectivity index is 1.66. The lowest BCUT2D eigenvalue weighted by molar-refractivity contribution is 0.0730. The van der Waals surface area contributed by atoms with Gasteiger partial charge in [0.25, 0.3) is 5.91 Å². The number of rotatable bonds is 5. The van der Waals surface area contributed by atoms with Crippen LogP contribution in [0.1, 0.15) is 33.2 Å². The van der Waals surface area contributed by atoms with Gasteiger partial charge in [0.2, 0.25) is 0 Å². The smallest absolute Gasteiger partial charge is 0.273 e. The van der Waals surface area contributed by atoms with Gasteiger partial charge in [0.05, 0.1) is 18.8 Å². The molecule has 0 fully saturated rings. The summed E-state index contributed by atoms with van der Waals surface area (Å²) in [6, 6.07) is 22.3. The molecule has 5 nitrogen and oxygen atoms in total. The lowest BCUT2D eigenvalue weighted by atomic mass is 9.95. The summed E-state index contributed by atoms with van der Waals surface area (Å²) in [5, 5.41) is 8.66. The second kappa shape index (κ2) is 8.34. The van der Waals surface area contributed by atoms with Crippen LogP contribution in [0.5, 0.6) is 5.75 Å². The quantitative estimate of drug-likeness (QED) is 0.386. The van der Waals surface area contributed by atoms with Gasteiger partial charge in [-0.3, -0.25) is 9.89 Å². The second-order valence-corrected chi connectivity index (χ2v) is 8.35. The number of amides is 1. The number of carbonyl (C=O) groups excluding carboxylic acids is 1. The summed E-state index contributed by atoms with van der Waals surface area (Å²) in [7, 11) is 1.62. The van der Waals surface area contributed by atoms with E-state index in [0.717, 1.165) is 28.0 Å². The molecule has 0 bridgehead atoms. The number of nitrogens with one attached hydrogen (secondary N) is 1. The Hall–Kier alpha value is -3.28. The van der Waals surface area contributed by atoms with E-state index in [0.29, 0.717) is 28.0 Å². The van der Waals surface area contributed by atoms with E-state index in [1.807, 2.05) is 72.8 Å². The lowest BCUT2D eigenvalue weighted by Crippen LogP contribution is -2.29. The first-order chi connectivity index (χ1) is 15.6. The van der Waals surface area contributed by atoms with Gasteiger partial charge in [-0.15, -0.1) is 0 Å². The molecule has 1 unspecified atom stereocenters. The Bertz CT molecular complexity index is 1300. The topological polar surface area (TPSA) is 58.2 Å². The zero-order chi connectivity index (χ0) is 22.2. The van der Waals surface area contributed by atoms with Crippen LogP contribution in [0.15, 0.2) is 72.8 Å². The summed E-state index contributed by atoms with van der Waals surface area (Å²) in [6.45, 7) is 0.346. The maximum Gasteiger partial charge on any atom is 0.273 e. The molecule has 1 aliphatic rings. The third-order valence-corrected chi connectivity index (χ3v) is 6.44. The number of aromatic nitrogens is 2. The average molecular weight is 464 g/mol. The summed E-state index contributed by atoms with van der Waals surface area (Å²) >= 11 is 13.0. The maximum atomic E-state index is 13.5. The molecule has 3 aromatic carbocycles. The van der Waals surface area contributed by atoms with Crippen LogP contribution in [0.25, 0.3) is 11.3 Å². The molecular weight excluding hydrogens is 445 g/mol. The molecule has 0 radical (unpaired) electrons. The van der Waals surface area contributed by atoms with Gasteiger partial charge in [-0.05, 0) is 47.5 Å². The van der Waals surface area contributed by atoms with E-state index in [2.05, 4.69) is 10.2 Å². The highest BCUT2D eigenvalue weighted by Crippen LogP contribution is 2.45. The van der Waals surface area contributed by atoms with Gasteiger partial charge in [0.1, 0.15) is 11.4 Å². The number of carbonyl (C=O) groups is 1. The molecule has 1 aromatic heterocycles. The Kier molecular flexibility index (Phi) is 5.37. The zero-order valence-electron chi connectivity index (χ0n) is 17.2. The highest BCUT2D eigenvalue weighted by molar-refractivity contribution is 6.31. The first-order valence-electron chi connectivity index (χ1n) is 10.1. The minimum atomic E-state index is -0.404. The molecule has 32 heavy (non-hydrogen) atoms. The van der Waals surface area contributed by atoms with Gasteiger partial charge >= 0.3 is 0 Å². The highest BCUT2D eigenvalue weighted by atomic mass is 35.5. The fraction of sp³-hybridized carbons (Fsp3) is 0.120. The van der Waals surface area contributed by atoms with Crippen molar-refractivity contribution in [2.45, 2.75) is 12.6 Å². The van der Waals surface area contributed by atoms with E-state index < -0.39 is 6.04 Å². The van der Waals surface area contributed by atoms with Gasteiger partial charge in [-0.2, -0.15) is 5.10 Å². The molecule has 0 aliphatic carbocycles. The van der Waals surface area contributed by atoms with Gasteiger partial charge < -0.3 is 9.64 Å². The Labute approximate surface area is 195 Å². The predicted molar refractivity (Wildman–Crippen MR) is 125 cm³/mol. The maximum absolute atomic E-state index is 13.5. The summed E-state index contributed by atoms with van der Waals surface area (Å²) in [5.41, 5.74) is 4.57. The van der Waals surface area contributed by atoms with Crippen molar-refractivity contribution in [1.29, 1.82) is 0 Å². The molecule has 0 saturated carbocycles. The molecule has 4 aromatic rings. The van der Waals surface area contributed by atoms with Gasteiger partial charge in [-0.1, -0.05) is 59.6 Å². The Morgan fingerprint density at radius 3 is 2.34 bits per heavy atom. The number of hydrogen-bond donors (Lipinski definition) is 1. The van der Waals surface area contributed by atoms with Crippen molar-refractivity contribution in [3.8, 4) is 17.0 Å². The highest BCUT2D eigenvalue weighted by Gasteiger charge is 2.43. The largest absolute Gasteiger partial charge is 0.497 e. The van der Waals surface area contributed by atoms with E-state index in [-0.39, 0.29) is 5.91 Å². The molecule has 1 aliphatic heterocycles.